The van der Waals surface area contributed by atoms with Crippen molar-refractivity contribution in [3.8, 4) is 0 Å². The van der Waals surface area contributed by atoms with Crippen LogP contribution in [0.1, 0.15) is 17.0 Å². The van der Waals surface area contributed by atoms with Gasteiger partial charge in [0.25, 0.3) is 0 Å². The minimum absolute atomic E-state index is 0.116. The summed E-state index contributed by atoms with van der Waals surface area (Å²) in [5, 5.41) is 18.7. The zero-order valence-electron chi connectivity index (χ0n) is 11.4. The molecule has 110 valence electrons. The van der Waals surface area contributed by atoms with Crippen LogP contribution in [0, 0.1) is 0 Å². The first kappa shape index (κ1) is 15.1. The summed E-state index contributed by atoms with van der Waals surface area (Å²) in [6.07, 6.45) is 0.757. The monoisotopic (exact) mass is 303 g/mol. The summed E-state index contributed by atoms with van der Waals surface area (Å²) < 4.78 is 0. The first-order chi connectivity index (χ1) is 10.2. The minimum atomic E-state index is -0.779. The Kier molecular flexibility index (Phi) is 5.34. The van der Waals surface area contributed by atoms with E-state index < -0.39 is 5.92 Å². The zero-order valence-corrected chi connectivity index (χ0v) is 12.2. The summed E-state index contributed by atoms with van der Waals surface area (Å²) in [5.74, 6) is -1.17. The van der Waals surface area contributed by atoms with E-state index in [1.54, 1.807) is 23.5 Å². The Hall–Kier alpha value is -2.34. The number of amides is 1. The molecule has 2 rings (SSSR count). The number of hydrogen-bond donors (Lipinski definition) is 3. The lowest BCUT2D eigenvalue weighted by molar-refractivity contribution is -0.121. The highest BCUT2D eigenvalue weighted by Gasteiger charge is 2.24. The van der Waals surface area contributed by atoms with Crippen molar-refractivity contribution in [2.45, 2.75) is 12.3 Å². The molecule has 6 heteroatoms. The van der Waals surface area contributed by atoms with Crippen molar-refractivity contribution in [3.05, 3.63) is 58.3 Å². The molecule has 1 atom stereocenters. The number of carbonyl (C=O) groups is 1. The van der Waals surface area contributed by atoms with Gasteiger partial charge >= 0.3 is 0 Å². The summed E-state index contributed by atoms with van der Waals surface area (Å²) in [6, 6.07) is 11.1. The number of amidine groups is 1. The topological polar surface area (TPSA) is 87.7 Å². The number of carbonyl (C=O) groups excluding carboxylic acids is 1. The molecule has 1 aromatic carbocycles. The van der Waals surface area contributed by atoms with Crippen molar-refractivity contribution in [2.24, 2.45) is 10.9 Å². The zero-order chi connectivity index (χ0) is 15.1. The van der Waals surface area contributed by atoms with Crippen LogP contribution in [0.4, 0.5) is 0 Å². The molecule has 1 heterocycles. The quantitative estimate of drug-likeness (QED) is 0.330. The van der Waals surface area contributed by atoms with Crippen molar-refractivity contribution in [1.29, 1.82) is 0 Å². The molecule has 0 aliphatic carbocycles. The predicted molar refractivity (Wildman–Crippen MR) is 83.6 cm³/mol. The number of nitrogens with two attached hydrogens (primary N) is 1. The third-order valence-electron chi connectivity index (χ3n) is 3.10. The van der Waals surface area contributed by atoms with Gasteiger partial charge in [0.2, 0.25) is 5.91 Å². The number of oxime groups is 1. The van der Waals surface area contributed by atoms with Gasteiger partial charge in [-0.1, -0.05) is 35.5 Å². The largest absolute Gasteiger partial charge is 0.409 e. The van der Waals surface area contributed by atoms with Gasteiger partial charge < -0.3 is 16.3 Å². The number of nitrogens with zero attached hydrogens (tertiary/aromatic N) is 1. The van der Waals surface area contributed by atoms with E-state index in [1.165, 1.54) is 5.56 Å². The summed E-state index contributed by atoms with van der Waals surface area (Å²) in [5.41, 5.74) is 7.53. The SMILES string of the molecule is NC(=NO)C(C(=O)NCCc1ccsc1)c1ccccc1. The Balaban J connectivity index is 2.01. The Morgan fingerprint density at radius 2 is 2.10 bits per heavy atom. The van der Waals surface area contributed by atoms with Crippen molar-refractivity contribution >= 4 is 23.1 Å². The second-order valence-electron chi connectivity index (χ2n) is 4.54. The molecule has 0 spiro atoms. The molecule has 1 amide bonds. The highest BCUT2D eigenvalue weighted by atomic mass is 32.1. The highest BCUT2D eigenvalue weighted by Crippen LogP contribution is 2.16. The summed E-state index contributed by atoms with van der Waals surface area (Å²) >= 11 is 1.63. The fourth-order valence-corrected chi connectivity index (χ4v) is 2.73. The van der Waals surface area contributed by atoms with Crippen LogP contribution in [-0.2, 0) is 11.2 Å². The van der Waals surface area contributed by atoms with Gasteiger partial charge in [0.15, 0.2) is 5.84 Å². The fraction of sp³-hybridized carbons (Fsp3) is 0.200. The van der Waals surface area contributed by atoms with Gasteiger partial charge in [0, 0.05) is 6.54 Å². The van der Waals surface area contributed by atoms with E-state index in [-0.39, 0.29) is 11.7 Å². The third-order valence-corrected chi connectivity index (χ3v) is 3.83. The van der Waals surface area contributed by atoms with Gasteiger partial charge in [-0.3, -0.25) is 4.79 Å². The number of benzene rings is 1. The van der Waals surface area contributed by atoms with E-state index >= 15 is 0 Å². The fourth-order valence-electron chi connectivity index (χ4n) is 2.03. The van der Waals surface area contributed by atoms with Gasteiger partial charge in [-0.15, -0.1) is 0 Å². The normalized spacial score (nSPS) is 12.9. The Bertz CT molecular complexity index is 597. The van der Waals surface area contributed by atoms with Crippen LogP contribution in [0.5, 0.6) is 0 Å². The molecule has 2 aromatic rings. The van der Waals surface area contributed by atoms with Gasteiger partial charge in [0.1, 0.15) is 5.92 Å². The maximum Gasteiger partial charge on any atom is 0.235 e. The van der Waals surface area contributed by atoms with Crippen LogP contribution in [0.2, 0.25) is 0 Å². The molecule has 4 N–H and O–H groups in total. The molecule has 0 aliphatic rings. The van der Waals surface area contributed by atoms with Gasteiger partial charge in [-0.2, -0.15) is 11.3 Å². The van der Waals surface area contributed by atoms with Crippen molar-refractivity contribution in [3.63, 3.8) is 0 Å². The van der Waals surface area contributed by atoms with Gasteiger partial charge in [0.05, 0.1) is 0 Å². The van der Waals surface area contributed by atoms with Crippen LogP contribution in [0.3, 0.4) is 0 Å². The lowest BCUT2D eigenvalue weighted by Crippen LogP contribution is -2.38. The Labute approximate surface area is 127 Å². The smallest absolute Gasteiger partial charge is 0.235 e. The molecule has 0 bridgehead atoms. The molecule has 0 radical (unpaired) electrons. The van der Waals surface area contributed by atoms with E-state index in [2.05, 4.69) is 10.5 Å². The highest BCUT2D eigenvalue weighted by molar-refractivity contribution is 7.07. The Morgan fingerprint density at radius 1 is 1.33 bits per heavy atom. The lowest BCUT2D eigenvalue weighted by Gasteiger charge is -2.15. The van der Waals surface area contributed by atoms with E-state index in [4.69, 9.17) is 10.9 Å². The van der Waals surface area contributed by atoms with Crippen LogP contribution in [0.25, 0.3) is 0 Å². The average molecular weight is 303 g/mol. The standard InChI is InChI=1S/C15H17N3O2S/c16-14(18-20)13(12-4-2-1-3-5-12)15(19)17-8-6-11-7-9-21-10-11/h1-5,7,9-10,13,20H,6,8H2,(H2,16,18)(H,17,19). The molecule has 1 unspecified atom stereocenters. The molecule has 1 aromatic heterocycles. The molecule has 0 saturated carbocycles. The number of thiophene rings is 1. The molecule has 0 saturated heterocycles. The summed E-state index contributed by atoms with van der Waals surface area (Å²) in [6.45, 7) is 0.512. The van der Waals surface area contributed by atoms with E-state index in [9.17, 15) is 4.79 Å². The molecule has 5 nitrogen and oxygen atoms in total. The van der Waals surface area contributed by atoms with Crippen LogP contribution < -0.4 is 11.1 Å². The third kappa shape index (κ3) is 4.06. The van der Waals surface area contributed by atoms with Crippen molar-refractivity contribution in [2.75, 3.05) is 6.54 Å². The number of hydrogen-bond acceptors (Lipinski definition) is 4. The lowest BCUT2D eigenvalue weighted by atomic mass is 9.97. The first-order valence-corrected chi connectivity index (χ1v) is 7.48. The number of rotatable bonds is 6. The second kappa shape index (κ2) is 7.44. The maximum atomic E-state index is 12.3. The Morgan fingerprint density at radius 3 is 2.71 bits per heavy atom. The van der Waals surface area contributed by atoms with Crippen LogP contribution in [0.15, 0.2) is 52.3 Å². The maximum absolute atomic E-state index is 12.3. The van der Waals surface area contributed by atoms with Crippen molar-refractivity contribution in [1.82, 2.24) is 5.32 Å². The molecule has 0 aliphatic heterocycles. The van der Waals surface area contributed by atoms with Crippen molar-refractivity contribution < 1.29 is 10.0 Å². The van der Waals surface area contributed by atoms with Gasteiger partial charge in [-0.25, -0.2) is 0 Å². The van der Waals surface area contributed by atoms with Gasteiger partial charge in [-0.05, 0) is 34.4 Å². The summed E-state index contributed by atoms with van der Waals surface area (Å²) in [7, 11) is 0. The van der Waals surface area contributed by atoms with E-state index in [0.29, 0.717) is 12.1 Å². The average Bonchev–Trinajstić information content (AvgIpc) is 3.01. The number of nitrogens with one attached hydrogen (secondary N) is 1. The molecular formula is C15H17N3O2S. The first-order valence-electron chi connectivity index (χ1n) is 6.53. The minimum Gasteiger partial charge on any atom is -0.409 e. The van der Waals surface area contributed by atoms with E-state index in [1.807, 2.05) is 35.0 Å². The second-order valence-corrected chi connectivity index (χ2v) is 5.32. The van der Waals surface area contributed by atoms with Crippen LogP contribution >= 0.6 is 11.3 Å². The van der Waals surface area contributed by atoms with E-state index in [0.717, 1.165) is 6.42 Å². The van der Waals surface area contributed by atoms with Crippen LogP contribution in [-0.4, -0.2) is 23.5 Å². The predicted octanol–water partition coefficient (Wildman–Crippen LogP) is 1.94. The summed E-state index contributed by atoms with van der Waals surface area (Å²) in [4.78, 5) is 12.3. The molecule has 21 heavy (non-hydrogen) atoms. The molecule has 0 fully saturated rings. The molecular weight excluding hydrogens is 286 g/mol.